The Morgan fingerprint density at radius 1 is 1.18 bits per heavy atom. The minimum atomic E-state index is -0.0420. The standard InChI is InChI=1S/C18H22ClNO2/c1-3-4-5-15(19)13-22-17-9-7-16(8-10-17)20-12-14(2)6-11-18(20)21/h6-12,15H,3-5,13H2,1-2H3. The van der Waals surface area contributed by atoms with Gasteiger partial charge in [0.2, 0.25) is 0 Å². The van der Waals surface area contributed by atoms with Crippen molar-refractivity contribution >= 4 is 11.6 Å². The third-order valence-electron chi connectivity index (χ3n) is 3.48. The summed E-state index contributed by atoms with van der Waals surface area (Å²) in [4.78, 5) is 11.9. The van der Waals surface area contributed by atoms with E-state index in [0.29, 0.717) is 6.61 Å². The highest BCUT2D eigenvalue weighted by Gasteiger charge is 2.06. The number of benzene rings is 1. The van der Waals surface area contributed by atoms with Crippen LogP contribution in [0.25, 0.3) is 5.69 Å². The van der Waals surface area contributed by atoms with Crippen molar-refractivity contribution in [2.45, 2.75) is 38.5 Å². The molecule has 0 N–H and O–H groups in total. The SMILES string of the molecule is CCCCC(Cl)COc1ccc(-n2cc(C)ccc2=O)cc1. The van der Waals surface area contributed by atoms with Gasteiger partial charge in [0.1, 0.15) is 12.4 Å². The molecule has 2 rings (SSSR count). The minimum Gasteiger partial charge on any atom is -0.492 e. The van der Waals surface area contributed by atoms with E-state index >= 15 is 0 Å². The van der Waals surface area contributed by atoms with Crippen LogP contribution >= 0.6 is 11.6 Å². The number of hydrogen-bond donors (Lipinski definition) is 0. The van der Waals surface area contributed by atoms with Crippen molar-refractivity contribution in [2.24, 2.45) is 0 Å². The van der Waals surface area contributed by atoms with E-state index in [1.165, 1.54) is 0 Å². The summed E-state index contributed by atoms with van der Waals surface area (Å²) in [7, 11) is 0. The average molecular weight is 320 g/mol. The summed E-state index contributed by atoms with van der Waals surface area (Å²) < 4.78 is 7.32. The van der Waals surface area contributed by atoms with Gasteiger partial charge in [-0.05, 0) is 43.2 Å². The number of aryl methyl sites for hydroxylation is 1. The van der Waals surface area contributed by atoms with Crippen LogP contribution in [0.3, 0.4) is 0 Å². The molecule has 2 aromatic rings. The van der Waals surface area contributed by atoms with Crippen LogP contribution in [0.4, 0.5) is 0 Å². The molecular formula is C18H22ClNO2. The first kappa shape index (κ1) is 16.6. The number of nitrogens with zero attached hydrogens (tertiary/aromatic N) is 1. The maximum absolute atomic E-state index is 11.9. The molecule has 0 amide bonds. The van der Waals surface area contributed by atoms with Gasteiger partial charge < -0.3 is 4.74 Å². The van der Waals surface area contributed by atoms with Crippen molar-refractivity contribution in [1.82, 2.24) is 4.57 Å². The maximum atomic E-state index is 11.9. The molecule has 3 nitrogen and oxygen atoms in total. The number of pyridine rings is 1. The highest BCUT2D eigenvalue weighted by atomic mass is 35.5. The van der Waals surface area contributed by atoms with Crippen LogP contribution < -0.4 is 10.3 Å². The first-order valence-electron chi connectivity index (χ1n) is 7.66. The molecule has 0 bridgehead atoms. The van der Waals surface area contributed by atoms with Crippen LogP contribution in [-0.2, 0) is 0 Å². The first-order chi connectivity index (χ1) is 10.6. The largest absolute Gasteiger partial charge is 0.492 e. The second kappa shape index (κ2) is 8.04. The molecule has 22 heavy (non-hydrogen) atoms. The molecule has 0 saturated heterocycles. The molecular weight excluding hydrogens is 298 g/mol. The van der Waals surface area contributed by atoms with Crippen molar-refractivity contribution in [3.63, 3.8) is 0 Å². The molecule has 0 aliphatic carbocycles. The quantitative estimate of drug-likeness (QED) is 0.712. The van der Waals surface area contributed by atoms with E-state index in [2.05, 4.69) is 6.92 Å². The number of unbranched alkanes of at least 4 members (excludes halogenated alkanes) is 1. The number of aromatic nitrogens is 1. The number of rotatable bonds is 7. The zero-order valence-corrected chi connectivity index (χ0v) is 13.8. The van der Waals surface area contributed by atoms with E-state index in [4.69, 9.17) is 16.3 Å². The van der Waals surface area contributed by atoms with Crippen LogP contribution in [0.15, 0.2) is 47.4 Å². The van der Waals surface area contributed by atoms with Gasteiger partial charge in [0.05, 0.1) is 5.38 Å². The maximum Gasteiger partial charge on any atom is 0.255 e. The Hall–Kier alpha value is -1.74. The molecule has 0 spiro atoms. The Balaban J connectivity index is 2.01. The van der Waals surface area contributed by atoms with E-state index in [9.17, 15) is 4.79 Å². The molecule has 0 radical (unpaired) electrons. The Morgan fingerprint density at radius 2 is 1.91 bits per heavy atom. The number of alkyl halides is 1. The van der Waals surface area contributed by atoms with E-state index in [1.54, 1.807) is 10.6 Å². The molecule has 1 unspecified atom stereocenters. The molecule has 1 heterocycles. The Labute approximate surface area is 136 Å². The van der Waals surface area contributed by atoms with Crippen molar-refractivity contribution in [3.8, 4) is 11.4 Å². The summed E-state index contributed by atoms with van der Waals surface area (Å²) in [5.74, 6) is 0.770. The first-order valence-corrected chi connectivity index (χ1v) is 8.10. The molecule has 0 aliphatic heterocycles. The van der Waals surface area contributed by atoms with Gasteiger partial charge in [-0.1, -0.05) is 25.8 Å². The fraction of sp³-hybridized carbons (Fsp3) is 0.389. The van der Waals surface area contributed by atoms with Crippen LogP contribution in [0.2, 0.25) is 0 Å². The van der Waals surface area contributed by atoms with E-state index in [-0.39, 0.29) is 10.9 Å². The van der Waals surface area contributed by atoms with Crippen molar-refractivity contribution in [1.29, 1.82) is 0 Å². The number of halogens is 1. The summed E-state index contributed by atoms with van der Waals surface area (Å²) in [6.45, 7) is 4.62. The van der Waals surface area contributed by atoms with Crippen LogP contribution in [0, 0.1) is 6.92 Å². The summed E-state index contributed by atoms with van der Waals surface area (Å²) in [6, 6.07) is 10.9. The van der Waals surface area contributed by atoms with Gasteiger partial charge in [0, 0.05) is 18.0 Å². The second-order valence-corrected chi connectivity index (χ2v) is 6.08. The summed E-state index contributed by atoms with van der Waals surface area (Å²) in [6.07, 6.45) is 5.06. The average Bonchev–Trinajstić information content (AvgIpc) is 2.54. The molecule has 0 aliphatic rings. The van der Waals surface area contributed by atoms with Gasteiger partial charge in [0.15, 0.2) is 0 Å². The van der Waals surface area contributed by atoms with Crippen molar-refractivity contribution in [3.05, 3.63) is 58.5 Å². The lowest BCUT2D eigenvalue weighted by Gasteiger charge is -2.12. The zero-order chi connectivity index (χ0) is 15.9. The van der Waals surface area contributed by atoms with Crippen molar-refractivity contribution in [2.75, 3.05) is 6.61 Å². The summed E-state index contributed by atoms with van der Waals surface area (Å²) in [5, 5.41) is 0.0408. The topological polar surface area (TPSA) is 31.2 Å². The minimum absolute atomic E-state index is 0.0408. The monoisotopic (exact) mass is 319 g/mol. The third-order valence-corrected chi connectivity index (χ3v) is 3.82. The molecule has 1 aromatic carbocycles. The number of ether oxygens (including phenoxy) is 1. The predicted octanol–water partition coefficient (Wildman–Crippen LogP) is 4.32. The molecule has 0 saturated carbocycles. The van der Waals surface area contributed by atoms with Gasteiger partial charge in [-0.25, -0.2) is 0 Å². The van der Waals surface area contributed by atoms with Crippen LogP contribution in [0.5, 0.6) is 5.75 Å². The van der Waals surface area contributed by atoms with Crippen LogP contribution in [0.1, 0.15) is 31.7 Å². The molecule has 1 aromatic heterocycles. The summed E-state index contributed by atoms with van der Waals surface area (Å²) >= 11 is 6.20. The van der Waals surface area contributed by atoms with Gasteiger partial charge in [-0.2, -0.15) is 0 Å². The van der Waals surface area contributed by atoms with E-state index < -0.39 is 0 Å². The van der Waals surface area contributed by atoms with Crippen molar-refractivity contribution < 1.29 is 4.74 Å². The highest BCUT2D eigenvalue weighted by Crippen LogP contribution is 2.16. The summed E-state index contributed by atoms with van der Waals surface area (Å²) in [5.41, 5.74) is 1.83. The molecule has 1 atom stereocenters. The van der Waals surface area contributed by atoms with Gasteiger partial charge in [0.25, 0.3) is 5.56 Å². The van der Waals surface area contributed by atoms with Gasteiger partial charge in [-0.15, -0.1) is 11.6 Å². The molecule has 0 fully saturated rings. The molecule has 4 heteroatoms. The van der Waals surface area contributed by atoms with Gasteiger partial charge in [-0.3, -0.25) is 9.36 Å². The second-order valence-electron chi connectivity index (χ2n) is 5.46. The Bertz CT molecular complexity index is 649. The lowest BCUT2D eigenvalue weighted by atomic mass is 10.2. The van der Waals surface area contributed by atoms with E-state index in [0.717, 1.165) is 36.3 Å². The Morgan fingerprint density at radius 3 is 2.59 bits per heavy atom. The fourth-order valence-electron chi connectivity index (χ4n) is 2.19. The molecule has 118 valence electrons. The predicted molar refractivity (Wildman–Crippen MR) is 91.4 cm³/mol. The zero-order valence-electron chi connectivity index (χ0n) is 13.1. The smallest absolute Gasteiger partial charge is 0.255 e. The lowest BCUT2D eigenvalue weighted by molar-refractivity contribution is 0.308. The Kier molecular flexibility index (Phi) is 6.08. The fourth-order valence-corrected chi connectivity index (χ4v) is 2.41. The van der Waals surface area contributed by atoms with Crippen LogP contribution in [-0.4, -0.2) is 16.6 Å². The number of hydrogen-bond acceptors (Lipinski definition) is 2. The normalized spacial score (nSPS) is 12.1. The third kappa shape index (κ3) is 4.63. The van der Waals surface area contributed by atoms with Gasteiger partial charge >= 0.3 is 0 Å². The lowest BCUT2D eigenvalue weighted by Crippen LogP contribution is -2.16. The van der Waals surface area contributed by atoms with E-state index in [1.807, 2.05) is 43.5 Å². The highest BCUT2D eigenvalue weighted by molar-refractivity contribution is 6.20.